The highest BCUT2D eigenvalue weighted by atomic mass is 16.5. The molecular weight excluding hydrogens is 236 g/mol. The number of nitrogens with zero attached hydrogens (tertiary/aromatic N) is 1. The monoisotopic (exact) mass is 262 g/mol. The standard InChI is InChI=1S/C16H26N2O/c1-13(2)19-16-8-6-15(7-9-16)17-11-14-5-4-10-18(3)12-14/h6-9,13-14,17H,4-5,10-12H2,1-3H3. The number of nitrogens with one attached hydrogen (secondary N) is 1. The Morgan fingerprint density at radius 1 is 1.32 bits per heavy atom. The summed E-state index contributed by atoms with van der Waals surface area (Å²) in [5.74, 6) is 1.71. The summed E-state index contributed by atoms with van der Waals surface area (Å²) in [6, 6.07) is 8.28. The second kappa shape index (κ2) is 6.80. The van der Waals surface area contributed by atoms with Crippen molar-refractivity contribution in [2.45, 2.75) is 32.8 Å². The number of hydrogen-bond acceptors (Lipinski definition) is 3. The van der Waals surface area contributed by atoms with E-state index >= 15 is 0 Å². The van der Waals surface area contributed by atoms with Crippen molar-refractivity contribution in [1.82, 2.24) is 4.90 Å². The number of ether oxygens (including phenoxy) is 1. The largest absolute Gasteiger partial charge is 0.491 e. The van der Waals surface area contributed by atoms with Gasteiger partial charge in [0.1, 0.15) is 5.75 Å². The second-order valence-corrected chi connectivity index (χ2v) is 5.84. The summed E-state index contributed by atoms with van der Waals surface area (Å²) in [6.45, 7) is 7.62. The van der Waals surface area contributed by atoms with E-state index in [1.165, 1.54) is 31.6 Å². The minimum atomic E-state index is 0.233. The summed E-state index contributed by atoms with van der Waals surface area (Å²) in [5.41, 5.74) is 1.18. The molecule has 106 valence electrons. The fourth-order valence-electron chi connectivity index (χ4n) is 2.63. The van der Waals surface area contributed by atoms with E-state index in [2.05, 4.69) is 29.4 Å². The lowest BCUT2D eigenvalue weighted by Gasteiger charge is -2.30. The molecule has 19 heavy (non-hydrogen) atoms. The van der Waals surface area contributed by atoms with Crippen molar-refractivity contribution >= 4 is 5.69 Å². The van der Waals surface area contributed by atoms with Gasteiger partial charge in [0.2, 0.25) is 0 Å². The molecule has 3 heteroatoms. The highest BCUT2D eigenvalue weighted by molar-refractivity contribution is 5.46. The van der Waals surface area contributed by atoms with Gasteiger partial charge in [0, 0.05) is 18.8 Å². The molecular formula is C16H26N2O. The average Bonchev–Trinajstić information content (AvgIpc) is 2.37. The van der Waals surface area contributed by atoms with Crippen molar-refractivity contribution in [3.05, 3.63) is 24.3 Å². The van der Waals surface area contributed by atoms with Crippen LogP contribution in [-0.4, -0.2) is 37.7 Å². The topological polar surface area (TPSA) is 24.5 Å². The zero-order chi connectivity index (χ0) is 13.7. The lowest BCUT2D eigenvalue weighted by atomic mass is 9.98. The van der Waals surface area contributed by atoms with Gasteiger partial charge in [-0.15, -0.1) is 0 Å². The van der Waals surface area contributed by atoms with Gasteiger partial charge in [-0.1, -0.05) is 0 Å². The molecule has 1 unspecified atom stereocenters. The number of hydrogen-bond donors (Lipinski definition) is 1. The Hall–Kier alpha value is -1.22. The summed E-state index contributed by atoms with van der Waals surface area (Å²) >= 11 is 0. The van der Waals surface area contributed by atoms with E-state index in [4.69, 9.17) is 4.74 Å². The minimum Gasteiger partial charge on any atom is -0.491 e. The van der Waals surface area contributed by atoms with Gasteiger partial charge in [-0.2, -0.15) is 0 Å². The summed E-state index contributed by atoms with van der Waals surface area (Å²) in [5, 5.41) is 3.53. The number of likely N-dealkylation sites (tertiary alicyclic amines) is 1. The molecule has 0 spiro atoms. The summed E-state index contributed by atoms with van der Waals surface area (Å²) in [4.78, 5) is 2.43. The van der Waals surface area contributed by atoms with Crippen LogP contribution < -0.4 is 10.1 Å². The molecule has 2 rings (SSSR count). The van der Waals surface area contributed by atoms with Crippen LogP contribution in [0.25, 0.3) is 0 Å². The van der Waals surface area contributed by atoms with Crippen molar-refractivity contribution in [2.75, 3.05) is 32.0 Å². The fourth-order valence-corrected chi connectivity index (χ4v) is 2.63. The zero-order valence-electron chi connectivity index (χ0n) is 12.4. The van der Waals surface area contributed by atoms with Crippen LogP contribution in [0.5, 0.6) is 5.75 Å². The molecule has 1 aliphatic rings. The van der Waals surface area contributed by atoms with Gasteiger partial charge in [0.15, 0.2) is 0 Å². The zero-order valence-corrected chi connectivity index (χ0v) is 12.4. The third-order valence-electron chi connectivity index (χ3n) is 3.54. The molecule has 0 aliphatic carbocycles. The van der Waals surface area contributed by atoms with E-state index < -0.39 is 0 Å². The predicted octanol–water partition coefficient (Wildman–Crippen LogP) is 3.23. The van der Waals surface area contributed by atoms with E-state index in [0.717, 1.165) is 18.2 Å². The molecule has 3 nitrogen and oxygen atoms in total. The van der Waals surface area contributed by atoms with Gasteiger partial charge in [-0.05, 0) is 70.5 Å². The molecule has 1 aromatic carbocycles. The Kier molecular flexibility index (Phi) is 5.08. The van der Waals surface area contributed by atoms with Gasteiger partial charge in [0.05, 0.1) is 6.10 Å². The van der Waals surface area contributed by atoms with E-state index in [1.54, 1.807) is 0 Å². The van der Waals surface area contributed by atoms with Gasteiger partial charge >= 0.3 is 0 Å². The number of rotatable bonds is 5. The Morgan fingerprint density at radius 2 is 2.05 bits per heavy atom. The predicted molar refractivity (Wildman–Crippen MR) is 80.9 cm³/mol. The molecule has 1 heterocycles. The smallest absolute Gasteiger partial charge is 0.119 e. The highest BCUT2D eigenvalue weighted by Gasteiger charge is 2.16. The van der Waals surface area contributed by atoms with Gasteiger partial charge in [0.25, 0.3) is 0 Å². The molecule has 1 aromatic rings. The first-order valence-corrected chi connectivity index (χ1v) is 7.32. The van der Waals surface area contributed by atoms with E-state index in [9.17, 15) is 0 Å². The number of benzene rings is 1. The Balaban J connectivity index is 1.79. The van der Waals surface area contributed by atoms with Crippen molar-refractivity contribution < 1.29 is 4.74 Å². The van der Waals surface area contributed by atoms with Crippen LogP contribution in [-0.2, 0) is 0 Å². The molecule has 0 amide bonds. The maximum absolute atomic E-state index is 5.64. The van der Waals surface area contributed by atoms with Crippen LogP contribution in [0, 0.1) is 5.92 Å². The van der Waals surface area contributed by atoms with Crippen LogP contribution >= 0.6 is 0 Å². The lowest BCUT2D eigenvalue weighted by molar-refractivity contribution is 0.217. The normalized spacial score (nSPS) is 20.5. The average molecular weight is 262 g/mol. The van der Waals surface area contributed by atoms with Crippen LogP contribution in [0.2, 0.25) is 0 Å². The third-order valence-corrected chi connectivity index (χ3v) is 3.54. The lowest BCUT2D eigenvalue weighted by Crippen LogP contribution is -2.35. The fraction of sp³-hybridized carbons (Fsp3) is 0.625. The molecule has 0 aromatic heterocycles. The second-order valence-electron chi connectivity index (χ2n) is 5.84. The molecule has 0 radical (unpaired) electrons. The van der Waals surface area contributed by atoms with Crippen LogP contribution in [0.4, 0.5) is 5.69 Å². The number of anilines is 1. The first kappa shape index (κ1) is 14.2. The molecule has 0 saturated carbocycles. The molecule has 1 saturated heterocycles. The summed E-state index contributed by atoms with van der Waals surface area (Å²) in [6.07, 6.45) is 2.90. The quantitative estimate of drug-likeness (QED) is 0.881. The SMILES string of the molecule is CC(C)Oc1ccc(NCC2CCCN(C)C2)cc1. The van der Waals surface area contributed by atoms with Gasteiger partial charge in [-0.3, -0.25) is 0 Å². The molecule has 1 atom stereocenters. The first-order chi connectivity index (χ1) is 9.13. The highest BCUT2D eigenvalue weighted by Crippen LogP contribution is 2.19. The third kappa shape index (κ3) is 4.75. The van der Waals surface area contributed by atoms with Crippen molar-refractivity contribution in [3.63, 3.8) is 0 Å². The van der Waals surface area contributed by atoms with Gasteiger partial charge in [-0.25, -0.2) is 0 Å². The van der Waals surface area contributed by atoms with Crippen LogP contribution in [0.15, 0.2) is 24.3 Å². The Labute approximate surface area is 116 Å². The Morgan fingerprint density at radius 3 is 2.68 bits per heavy atom. The van der Waals surface area contributed by atoms with Crippen molar-refractivity contribution in [1.29, 1.82) is 0 Å². The van der Waals surface area contributed by atoms with Crippen LogP contribution in [0.1, 0.15) is 26.7 Å². The Bertz CT molecular complexity index is 375. The summed E-state index contributed by atoms with van der Waals surface area (Å²) in [7, 11) is 2.21. The first-order valence-electron chi connectivity index (χ1n) is 7.32. The van der Waals surface area contributed by atoms with E-state index in [0.29, 0.717) is 0 Å². The summed E-state index contributed by atoms with van der Waals surface area (Å²) < 4.78 is 5.64. The van der Waals surface area contributed by atoms with Crippen molar-refractivity contribution in [3.8, 4) is 5.75 Å². The van der Waals surface area contributed by atoms with E-state index in [1.807, 2.05) is 26.0 Å². The van der Waals surface area contributed by atoms with E-state index in [-0.39, 0.29) is 6.10 Å². The van der Waals surface area contributed by atoms with Crippen molar-refractivity contribution in [2.24, 2.45) is 5.92 Å². The molecule has 1 aliphatic heterocycles. The maximum Gasteiger partial charge on any atom is 0.119 e. The van der Waals surface area contributed by atoms with Crippen LogP contribution in [0.3, 0.4) is 0 Å². The molecule has 1 N–H and O–H groups in total. The number of piperidine rings is 1. The van der Waals surface area contributed by atoms with Gasteiger partial charge < -0.3 is 15.0 Å². The molecule has 0 bridgehead atoms. The maximum atomic E-state index is 5.64. The minimum absolute atomic E-state index is 0.233. The molecule has 1 fully saturated rings.